The van der Waals surface area contributed by atoms with Gasteiger partial charge in [-0.1, -0.05) is 0 Å². The predicted molar refractivity (Wildman–Crippen MR) is 81.3 cm³/mol. The highest BCUT2D eigenvalue weighted by Gasteiger charge is 2.26. The number of primary amides is 1. The van der Waals surface area contributed by atoms with E-state index < -0.39 is 35.9 Å². The first-order chi connectivity index (χ1) is 11.2. The number of nitrogens with one attached hydrogen (secondary N) is 1. The minimum Gasteiger partial charge on any atom is -0.480 e. The van der Waals surface area contributed by atoms with Gasteiger partial charge in [0.05, 0.1) is 0 Å². The number of carbonyl (C=O) groups excluding carboxylic acids is 1. The van der Waals surface area contributed by atoms with Crippen LogP contribution in [0.25, 0.3) is 0 Å². The molecule has 0 aliphatic carbocycles. The van der Waals surface area contributed by atoms with E-state index in [2.05, 4.69) is 10.3 Å². The fourth-order valence-electron chi connectivity index (χ4n) is 1.93. The van der Waals surface area contributed by atoms with Crippen LogP contribution in [0.1, 0.15) is 19.3 Å². The van der Waals surface area contributed by atoms with E-state index >= 15 is 0 Å². The summed E-state index contributed by atoms with van der Waals surface area (Å²) in [5.74, 6) is -4.41. The molecule has 0 aromatic rings. The standard InChI is InChI=1S/C14H17N3O7/c15-11(18)2-1-8(12(19)20)16-4-3-7-5-9(13(21)22)17-10(6-7)14(23)24/h3-5,8,10,17H,1-2,6H2,(H2,15,18)(H,19,20)(H,21,22)(H,23,24)/b7-3-,16-4?/t8-,10+/m1/s1. The van der Waals surface area contributed by atoms with Gasteiger partial charge in [0.15, 0.2) is 0 Å². The summed E-state index contributed by atoms with van der Waals surface area (Å²) in [6, 6.07) is -2.28. The Morgan fingerprint density at radius 2 is 2.00 bits per heavy atom. The van der Waals surface area contributed by atoms with E-state index in [0.717, 1.165) is 6.21 Å². The molecule has 1 amide bonds. The maximum absolute atomic E-state index is 11.0. The number of carbonyl (C=O) groups is 4. The Bertz CT molecular complexity index is 636. The SMILES string of the molecule is NC(=O)CC[C@@H](N=C/C=C1/C=C(C(=O)O)N[C@H](C(=O)O)C1)C(=O)O. The largest absolute Gasteiger partial charge is 0.480 e. The van der Waals surface area contributed by atoms with Gasteiger partial charge in [0.2, 0.25) is 5.91 Å². The second-order valence-corrected chi connectivity index (χ2v) is 5.00. The molecule has 10 heteroatoms. The lowest BCUT2D eigenvalue weighted by Gasteiger charge is -2.21. The minimum atomic E-state index is -1.31. The average Bonchev–Trinajstić information content (AvgIpc) is 2.49. The molecule has 0 saturated heterocycles. The third-order valence-corrected chi connectivity index (χ3v) is 3.13. The first-order valence-electron chi connectivity index (χ1n) is 6.88. The molecule has 0 aromatic heterocycles. The predicted octanol–water partition coefficient (Wildman–Crippen LogP) is -0.883. The van der Waals surface area contributed by atoms with Crippen LogP contribution in [-0.4, -0.2) is 57.4 Å². The minimum absolute atomic E-state index is 0.0111. The molecule has 0 spiro atoms. The number of amides is 1. The molecule has 0 fully saturated rings. The van der Waals surface area contributed by atoms with Gasteiger partial charge >= 0.3 is 17.9 Å². The number of allylic oxidation sites excluding steroid dienone is 2. The first kappa shape index (κ1) is 18.9. The number of aliphatic carboxylic acids is 3. The van der Waals surface area contributed by atoms with E-state index in [-0.39, 0.29) is 25.0 Å². The van der Waals surface area contributed by atoms with Gasteiger partial charge in [0.25, 0.3) is 0 Å². The van der Waals surface area contributed by atoms with Crippen LogP contribution in [0.5, 0.6) is 0 Å². The van der Waals surface area contributed by atoms with Crippen LogP contribution in [0.2, 0.25) is 0 Å². The zero-order valence-electron chi connectivity index (χ0n) is 12.5. The Hall–Kier alpha value is -3.17. The summed E-state index contributed by atoms with van der Waals surface area (Å²) in [6.45, 7) is 0. The smallest absolute Gasteiger partial charge is 0.351 e. The number of hydrogen-bond acceptors (Lipinski definition) is 6. The van der Waals surface area contributed by atoms with Crippen molar-refractivity contribution in [1.29, 1.82) is 0 Å². The second-order valence-electron chi connectivity index (χ2n) is 5.00. The fraction of sp³-hybridized carbons (Fsp3) is 0.357. The van der Waals surface area contributed by atoms with Crippen molar-refractivity contribution in [2.75, 3.05) is 0 Å². The van der Waals surface area contributed by atoms with Gasteiger partial charge in [-0.05, 0) is 24.1 Å². The zero-order valence-corrected chi connectivity index (χ0v) is 12.5. The van der Waals surface area contributed by atoms with Crippen LogP contribution in [0, 0.1) is 0 Å². The summed E-state index contributed by atoms with van der Waals surface area (Å²) < 4.78 is 0. The summed E-state index contributed by atoms with van der Waals surface area (Å²) in [5.41, 5.74) is 5.03. The summed E-state index contributed by atoms with van der Waals surface area (Å²) >= 11 is 0. The molecule has 24 heavy (non-hydrogen) atoms. The van der Waals surface area contributed by atoms with Gasteiger partial charge in [0.1, 0.15) is 17.8 Å². The molecule has 0 unspecified atom stereocenters. The first-order valence-corrected chi connectivity index (χ1v) is 6.88. The van der Waals surface area contributed by atoms with Crippen LogP contribution in [0.15, 0.2) is 28.4 Å². The van der Waals surface area contributed by atoms with Crippen molar-refractivity contribution in [2.45, 2.75) is 31.3 Å². The van der Waals surface area contributed by atoms with E-state index in [1.165, 1.54) is 12.2 Å². The molecule has 0 aromatic carbocycles. The molecule has 0 bridgehead atoms. The Kier molecular flexibility index (Phi) is 6.65. The Morgan fingerprint density at radius 3 is 2.50 bits per heavy atom. The zero-order chi connectivity index (χ0) is 18.3. The number of rotatable bonds is 8. The third kappa shape index (κ3) is 5.91. The molecule has 1 heterocycles. The molecular weight excluding hydrogens is 322 g/mol. The topological polar surface area (TPSA) is 179 Å². The van der Waals surface area contributed by atoms with Crippen LogP contribution < -0.4 is 11.1 Å². The Morgan fingerprint density at radius 1 is 1.33 bits per heavy atom. The third-order valence-electron chi connectivity index (χ3n) is 3.13. The maximum atomic E-state index is 11.0. The summed E-state index contributed by atoms with van der Waals surface area (Å²) in [4.78, 5) is 47.5. The molecule has 1 rings (SSSR count). The van der Waals surface area contributed by atoms with E-state index in [4.69, 9.17) is 21.1 Å². The lowest BCUT2D eigenvalue weighted by Crippen LogP contribution is -2.41. The van der Waals surface area contributed by atoms with E-state index in [9.17, 15) is 19.2 Å². The highest BCUT2D eigenvalue weighted by molar-refractivity contribution is 5.90. The highest BCUT2D eigenvalue weighted by Crippen LogP contribution is 2.16. The van der Waals surface area contributed by atoms with Crippen molar-refractivity contribution in [2.24, 2.45) is 10.7 Å². The lowest BCUT2D eigenvalue weighted by molar-refractivity contribution is -0.140. The molecule has 1 aliphatic rings. The molecule has 2 atom stereocenters. The van der Waals surface area contributed by atoms with Crippen molar-refractivity contribution in [3.63, 3.8) is 0 Å². The van der Waals surface area contributed by atoms with Crippen LogP contribution in [0.3, 0.4) is 0 Å². The molecule has 0 saturated carbocycles. The Balaban J connectivity index is 2.90. The number of carboxylic acid groups (broad SMARTS) is 3. The summed E-state index contributed by atoms with van der Waals surface area (Å²) in [5, 5.41) is 29.3. The number of hydrogen-bond donors (Lipinski definition) is 5. The van der Waals surface area contributed by atoms with Crippen molar-refractivity contribution < 1.29 is 34.5 Å². The van der Waals surface area contributed by atoms with Gasteiger partial charge in [-0.25, -0.2) is 14.4 Å². The molecule has 0 radical (unpaired) electrons. The van der Waals surface area contributed by atoms with Gasteiger partial charge in [-0.2, -0.15) is 0 Å². The van der Waals surface area contributed by atoms with Crippen LogP contribution >= 0.6 is 0 Å². The van der Waals surface area contributed by atoms with Gasteiger partial charge in [-0.15, -0.1) is 0 Å². The van der Waals surface area contributed by atoms with Gasteiger partial charge in [-0.3, -0.25) is 9.79 Å². The normalized spacial score (nSPS) is 20.2. The monoisotopic (exact) mass is 339 g/mol. The lowest BCUT2D eigenvalue weighted by atomic mass is 10.00. The fourth-order valence-corrected chi connectivity index (χ4v) is 1.93. The van der Waals surface area contributed by atoms with Crippen LogP contribution in [-0.2, 0) is 19.2 Å². The molecule has 1 aliphatic heterocycles. The van der Waals surface area contributed by atoms with Crippen molar-refractivity contribution >= 4 is 30.0 Å². The number of nitrogens with two attached hydrogens (primary N) is 1. The van der Waals surface area contributed by atoms with Crippen molar-refractivity contribution in [3.8, 4) is 0 Å². The maximum Gasteiger partial charge on any atom is 0.351 e. The quantitative estimate of drug-likeness (QED) is 0.353. The molecular formula is C14H17N3O7. The summed E-state index contributed by atoms with van der Waals surface area (Å²) in [7, 11) is 0. The molecule has 6 N–H and O–H groups in total. The van der Waals surface area contributed by atoms with E-state index in [1.807, 2.05) is 0 Å². The average molecular weight is 339 g/mol. The molecule has 130 valence electrons. The number of carboxylic acids is 3. The molecule has 10 nitrogen and oxygen atoms in total. The van der Waals surface area contributed by atoms with Crippen LogP contribution in [0.4, 0.5) is 0 Å². The summed E-state index contributed by atoms with van der Waals surface area (Å²) in [6.07, 6.45) is 3.53. The number of aliphatic imine (C=N–C) groups is 1. The highest BCUT2D eigenvalue weighted by atomic mass is 16.4. The second kappa shape index (κ2) is 8.46. The Labute approximate surface area is 136 Å². The van der Waals surface area contributed by atoms with Crippen molar-refractivity contribution in [1.82, 2.24) is 5.32 Å². The van der Waals surface area contributed by atoms with Gasteiger partial charge in [0, 0.05) is 19.1 Å². The number of nitrogens with zero attached hydrogens (tertiary/aromatic N) is 1. The van der Waals surface area contributed by atoms with Crippen molar-refractivity contribution in [3.05, 3.63) is 23.4 Å². The van der Waals surface area contributed by atoms with E-state index in [1.54, 1.807) is 0 Å². The van der Waals surface area contributed by atoms with Gasteiger partial charge < -0.3 is 26.4 Å². The van der Waals surface area contributed by atoms with E-state index in [0.29, 0.717) is 5.57 Å².